The van der Waals surface area contributed by atoms with Gasteiger partial charge in [0.15, 0.2) is 0 Å². The predicted molar refractivity (Wildman–Crippen MR) is 144 cm³/mol. The summed E-state index contributed by atoms with van der Waals surface area (Å²) in [4.78, 5) is 16.2. The first-order valence-electron chi connectivity index (χ1n) is 13.4. The molecule has 4 rings (SSSR count). The lowest BCUT2D eigenvalue weighted by Crippen LogP contribution is -2.54. The third-order valence-corrected chi connectivity index (χ3v) is 7.87. The van der Waals surface area contributed by atoms with E-state index in [4.69, 9.17) is 0 Å². The Morgan fingerprint density at radius 2 is 1.20 bits per heavy atom. The van der Waals surface area contributed by atoms with Crippen molar-refractivity contribution in [2.75, 3.05) is 26.2 Å². The molecule has 2 aliphatic rings. The van der Waals surface area contributed by atoms with E-state index in [1.807, 2.05) is 0 Å². The molecule has 0 bridgehead atoms. The summed E-state index contributed by atoms with van der Waals surface area (Å²) >= 11 is 0. The molecule has 0 unspecified atom stereocenters. The quantitative estimate of drug-likeness (QED) is 0.587. The Morgan fingerprint density at radius 3 is 1.57 bits per heavy atom. The topological polar surface area (TPSA) is 55.8 Å². The van der Waals surface area contributed by atoms with Crippen molar-refractivity contribution >= 4 is 5.91 Å². The lowest BCUT2D eigenvalue weighted by molar-refractivity contribution is -0.121. The fourth-order valence-corrected chi connectivity index (χ4v) is 5.24. The van der Waals surface area contributed by atoms with E-state index in [0.29, 0.717) is 0 Å². The molecule has 2 saturated heterocycles. The number of amides is 1. The maximum absolute atomic E-state index is 11.3. The van der Waals surface area contributed by atoms with Gasteiger partial charge in [-0.25, -0.2) is 0 Å². The number of benzene rings is 2. The minimum absolute atomic E-state index is 0.0268. The summed E-state index contributed by atoms with van der Waals surface area (Å²) in [5, 5.41) is 13.3. The van der Waals surface area contributed by atoms with Crippen LogP contribution in [0.4, 0.5) is 0 Å². The zero-order valence-corrected chi connectivity index (χ0v) is 22.0. The van der Waals surface area contributed by atoms with Crippen molar-refractivity contribution < 1.29 is 9.90 Å². The molecule has 1 amide bonds. The smallest absolute Gasteiger partial charge is 0.217 e. The van der Waals surface area contributed by atoms with Crippen LogP contribution in [0.2, 0.25) is 0 Å². The molecule has 2 aliphatic heterocycles. The number of aliphatic hydroxyl groups is 1. The Morgan fingerprint density at radius 1 is 0.771 bits per heavy atom. The summed E-state index contributed by atoms with van der Waals surface area (Å²) in [5.74, 6) is 0.0957. The van der Waals surface area contributed by atoms with Crippen LogP contribution in [0.25, 0.3) is 0 Å². The lowest BCUT2D eigenvalue weighted by Gasteiger charge is -2.41. The van der Waals surface area contributed by atoms with E-state index in [2.05, 4.69) is 89.6 Å². The number of nitrogens with one attached hydrogen (secondary N) is 1. The highest BCUT2D eigenvalue weighted by atomic mass is 16.3. The number of hydrogen-bond acceptors (Lipinski definition) is 4. The maximum atomic E-state index is 11.3. The summed E-state index contributed by atoms with van der Waals surface area (Å²) in [6.07, 6.45) is 5.83. The molecule has 0 spiro atoms. The second-order valence-electron chi connectivity index (χ2n) is 10.4. The number of hydrogen-bond donors (Lipinski definition) is 2. The van der Waals surface area contributed by atoms with Gasteiger partial charge in [0.25, 0.3) is 0 Å². The molecule has 0 aromatic heterocycles. The van der Waals surface area contributed by atoms with Gasteiger partial charge < -0.3 is 10.4 Å². The van der Waals surface area contributed by atoms with Crippen LogP contribution in [0.5, 0.6) is 0 Å². The average Bonchev–Trinajstić information content (AvgIpc) is 2.88. The largest absolute Gasteiger partial charge is 0.390 e. The van der Waals surface area contributed by atoms with Crippen molar-refractivity contribution in [3.8, 4) is 0 Å². The Balaban J connectivity index is 0.000000198. The van der Waals surface area contributed by atoms with Crippen LogP contribution < -0.4 is 5.32 Å². The van der Waals surface area contributed by atoms with Crippen molar-refractivity contribution in [2.24, 2.45) is 0 Å². The lowest BCUT2D eigenvalue weighted by atomic mass is 9.84. The summed E-state index contributed by atoms with van der Waals surface area (Å²) in [6.45, 7) is 12.0. The van der Waals surface area contributed by atoms with Crippen molar-refractivity contribution in [3.63, 3.8) is 0 Å². The minimum Gasteiger partial charge on any atom is -0.390 e. The van der Waals surface area contributed by atoms with Crippen LogP contribution in [-0.4, -0.2) is 58.1 Å². The molecular weight excluding hydrogens is 434 g/mol. The normalized spacial score (nSPS) is 19.9. The van der Waals surface area contributed by atoms with Gasteiger partial charge in [0.2, 0.25) is 5.91 Å². The van der Waals surface area contributed by atoms with E-state index in [9.17, 15) is 9.90 Å². The first-order valence-corrected chi connectivity index (χ1v) is 13.4. The van der Waals surface area contributed by atoms with E-state index in [1.54, 1.807) is 6.92 Å². The standard InChI is InChI=1S/C16H24N2O.C14H21NO/c1-3-16(17-14(2)19)9-11-18(12-10-16)13-15-7-5-4-6-8-15;1-2-14(16)8-10-15(11-9-14)12-13-6-4-3-5-7-13/h4-8H,3,9-13H2,1-2H3,(H,17,19);3-7,16H,2,8-12H2,1H3. The summed E-state index contributed by atoms with van der Waals surface area (Å²) in [7, 11) is 0. The number of piperidine rings is 2. The maximum Gasteiger partial charge on any atom is 0.217 e. The van der Waals surface area contributed by atoms with Gasteiger partial charge in [0.05, 0.1) is 5.60 Å². The molecule has 0 aliphatic carbocycles. The van der Waals surface area contributed by atoms with Gasteiger partial charge in [-0.3, -0.25) is 14.6 Å². The molecule has 5 heteroatoms. The van der Waals surface area contributed by atoms with Crippen LogP contribution >= 0.6 is 0 Å². The van der Waals surface area contributed by atoms with Gasteiger partial charge in [-0.2, -0.15) is 0 Å². The zero-order chi connectivity index (χ0) is 25.2. The fraction of sp³-hybridized carbons (Fsp3) is 0.567. The monoisotopic (exact) mass is 479 g/mol. The summed E-state index contributed by atoms with van der Waals surface area (Å²) < 4.78 is 0. The second-order valence-corrected chi connectivity index (χ2v) is 10.4. The second kappa shape index (κ2) is 13.2. The van der Waals surface area contributed by atoms with Gasteiger partial charge in [-0.15, -0.1) is 0 Å². The Labute approximate surface area is 212 Å². The van der Waals surface area contributed by atoms with Crippen molar-refractivity contribution in [3.05, 3.63) is 71.8 Å². The van der Waals surface area contributed by atoms with Crippen LogP contribution in [0.15, 0.2) is 60.7 Å². The van der Waals surface area contributed by atoms with E-state index in [-0.39, 0.29) is 11.4 Å². The van der Waals surface area contributed by atoms with Crippen molar-refractivity contribution in [2.45, 2.75) is 83.5 Å². The van der Waals surface area contributed by atoms with E-state index in [1.165, 1.54) is 11.1 Å². The van der Waals surface area contributed by atoms with Gasteiger partial charge in [-0.1, -0.05) is 74.5 Å². The molecular formula is C30H45N3O2. The SMILES string of the molecule is CCC1(NC(C)=O)CCN(Cc2ccccc2)CC1.CCC1(O)CCN(Cc2ccccc2)CC1. The van der Waals surface area contributed by atoms with Gasteiger partial charge in [0.1, 0.15) is 0 Å². The van der Waals surface area contributed by atoms with Crippen LogP contribution in [-0.2, 0) is 17.9 Å². The molecule has 2 N–H and O–H groups in total. The summed E-state index contributed by atoms with van der Waals surface area (Å²) in [5.41, 5.74) is 2.36. The Hall–Kier alpha value is -2.21. The molecule has 192 valence electrons. The zero-order valence-electron chi connectivity index (χ0n) is 22.0. The molecule has 2 aromatic rings. The highest BCUT2D eigenvalue weighted by Crippen LogP contribution is 2.27. The van der Waals surface area contributed by atoms with E-state index in [0.717, 1.165) is 77.8 Å². The van der Waals surface area contributed by atoms with Gasteiger partial charge >= 0.3 is 0 Å². The van der Waals surface area contributed by atoms with E-state index < -0.39 is 5.60 Å². The third-order valence-electron chi connectivity index (χ3n) is 7.87. The summed E-state index contributed by atoms with van der Waals surface area (Å²) in [6, 6.07) is 21.1. The molecule has 2 aromatic carbocycles. The van der Waals surface area contributed by atoms with Crippen molar-refractivity contribution in [1.82, 2.24) is 15.1 Å². The third kappa shape index (κ3) is 8.75. The molecule has 2 fully saturated rings. The van der Waals surface area contributed by atoms with Gasteiger partial charge in [0, 0.05) is 51.7 Å². The number of carbonyl (C=O) groups is 1. The van der Waals surface area contributed by atoms with Crippen LogP contribution in [0.1, 0.15) is 70.4 Å². The number of likely N-dealkylation sites (tertiary alicyclic amines) is 2. The average molecular weight is 480 g/mol. The number of rotatable bonds is 7. The first kappa shape index (κ1) is 27.4. The Kier molecular flexibility index (Phi) is 10.3. The number of nitrogens with zero attached hydrogens (tertiary/aromatic N) is 2. The molecule has 0 radical (unpaired) electrons. The number of carbonyl (C=O) groups excluding carboxylic acids is 1. The molecule has 2 heterocycles. The van der Waals surface area contributed by atoms with Crippen LogP contribution in [0.3, 0.4) is 0 Å². The highest BCUT2D eigenvalue weighted by Gasteiger charge is 2.33. The molecule has 0 saturated carbocycles. The molecule has 0 atom stereocenters. The molecule has 35 heavy (non-hydrogen) atoms. The van der Waals surface area contributed by atoms with E-state index >= 15 is 0 Å². The van der Waals surface area contributed by atoms with Crippen LogP contribution in [0, 0.1) is 0 Å². The first-order chi connectivity index (χ1) is 16.9. The molecule has 5 nitrogen and oxygen atoms in total. The Bertz CT molecular complexity index is 871. The van der Waals surface area contributed by atoms with Crippen molar-refractivity contribution in [1.29, 1.82) is 0 Å². The highest BCUT2D eigenvalue weighted by molar-refractivity contribution is 5.73. The predicted octanol–water partition coefficient (Wildman–Crippen LogP) is 4.99. The van der Waals surface area contributed by atoms with Gasteiger partial charge in [-0.05, 0) is 49.7 Å². The minimum atomic E-state index is -0.396. The fourth-order valence-electron chi connectivity index (χ4n) is 5.24.